The van der Waals surface area contributed by atoms with Crippen molar-refractivity contribution in [1.82, 2.24) is 5.32 Å². The topological polar surface area (TPSA) is 100 Å². The molecule has 0 heterocycles. The van der Waals surface area contributed by atoms with Gasteiger partial charge in [-0.1, -0.05) is 0 Å². The highest BCUT2D eigenvalue weighted by Gasteiger charge is 2.10. The number of nitrogens with zero attached hydrogens (tertiary/aromatic N) is 1. The number of benzene rings is 1. The maximum Gasteiger partial charge on any atom is 0.338 e. The van der Waals surface area contributed by atoms with E-state index in [1.54, 1.807) is 38.3 Å². The second-order valence-corrected chi connectivity index (χ2v) is 4.37. The monoisotopic (exact) mass is 317 g/mol. The number of ether oxygens (including phenoxy) is 2. The zero-order valence-corrected chi connectivity index (χ0v) is 13.1. The largest absolute Gasteiger partial charge is 0.462 e. The number of amides is 1. The Labute approximate surface area is 134 Å². The molecule has 0 saturated carbocycles. The fourth-order valence-corrected chi connectivity index (χ4v) is 1.59. The molecule has 0 aliphatic rings. The van der Waals surface area contributed by atoms with E-state index in [-0.39, 0.29) is 5.57 Å². The van der Waals surface area contributed by atoms with Crippen molar-refractivity contribution < 1.29 is 19.1 Å². The van der Waals surface area contributed by atoms with Crippen molar-refractivity contribution in [2.24, 2.45) is 0 Å². The van der Waals surface area contributed by atoms with Gasteiger partial charge in [-0.15, -0.1) is 0 Å². The highest BCUT2D eigenvalue weighted by atomic mass is 16.5. The summed E-state index contributed by atoms with van der Waals surface area (Å²) in [5.74, 6) is -0.966. The van der Waals surface area contributed by atoms with E-state index < -0.39 is 11.9 Å². The van der Waals surface area contributed by atoms with Crippen molar-refractivity contribution in [3.05, 3.63) is 41.6 Å². The number of carbonyl (C=O) groups is 2. The second kappa shape index (κ2) is 9.97. The zero-order chi connectivity index (χ0) is 17.1. The van der Waals surface area contributed by atoms with Crippen LogP contribution in [0.2, 0.25) is 0 Å². The van der Waals surface area contributed by atoms with Gasteiger partial charge in [-0.3, -0.25) is 4.79 Å². The Morgan fingerprint density at radius 3 is 2.57 bits per heavy atom. The van der Waals surface area contributed by atoms with E-state index in [2.05, 4.69) is 10.6 Å². The van der Waals surface area contributed by atoms with Crippen LogP contribution in [0, 0.1) is 11.3 Å². The van der Waals surface area contributed by atoms with Gasteiger partial charge in [0.25, 0.3) is 5.91 Å². The summed E-state index contributed by atoms with van der Waals surface area (Å²) in [7, 11) is 1.56. The summed E-state index contributed by atoms with van der Waals surface area (Å²) >= 11 is 0. The Morgan fingerprint density at radius 2 is 2.00 bits per heavy atom. The zero-order valence-electron chi connectivity index (χ0n) is 13.1. The molecule has 0 unspecified atom stereocenters. The molecular formula is C16H19N3O4. The Morgan fingerprint density at radius 1 is 1.30 bits per heavy atom. The molecule has 0 bridgehead atoms. The lowest BCUT2D eigenvalue weighted by atomic mass is 10.2. The van der Waals surface area contributed by atoms with Crippen molar-refractivity contribution in [2.45, 2.75) is 6.92 Å². The molecule has 122 valence electrons. The van der Waals surface area contributed by atoms with Crippen LogP contribution in [-0.4, -0.2) is 38.7 Å². The molecule has 1 aromatic rings. The number of hydrogen-bond acceptors (Lipinski definition) is 6. The fourth-order valence-electron chi connectivity index (χ4n) is 1.59. The van der Waals surface area contributed by atoms with Crippen molar-refractivity contribution >= 4 is 17.6 Å². The van der Waals surface area contributed by atoms with Crippen LogP contribution >= 0.6 is 0 Å². The number of hydrogen-bond donors (Lipinski definition) is 2. The van der Waals surface area contributed by atoms with Crippen LogP contribution in [0.4, 0.5) is 5.69 Å². The van der Waals surface area contributed by atoms with Gasteiger partial charge in [0.1, 0.15) is 11.6 Å². The minimum absolute atomic E-state index is 0.0597. The summed E-state index contributed by atoms with van der Waals surface area (Å²) in [4.78, 5) is 23.5. The van der Waals surface area contributed by atoms with Crippen molar-refractivity contribution in [3.8, 4) is 6.07 Å². The Balaban J connectivity index is 2.65. The lowest BCUT2D eigenvalue weighted by molar-refractivity contribution is -0.112. The SMILES string of the molecule is CCOC(=O)c1ccc(NC(=O)/C(C#N)=C\NCCOC)cc1. The first-order valence-corrected chi connectivity index (χ1v) is 7.03. The lowest BCUT2D eigenvalue weighted by Gasteiger charge is -2.06. The smallest absolute Gasteiger partial charge is 0.338 e. The number of methoxy groups -OCH3 is 1. The first kappa shape index (κ1) is 18.2. The van der Waals surface area contributed by atoms with E-state index in [4.69, 9.17) is 14.7 Å². The van der Waals surface area contributed by atoms with Gasteiger partial charge in [0, 0.05) is 25.5 Å². The van der Waals surface area contributed by atoms with Gasteiger partial charge in [-0.05, 0) is 31.2 Å². The fraction of sp³-hybridized carbons (Fsp3) is 0.312. The van der Waals surface area contributed by atoms with Gasteiger partial charge in [0.05, 0.1) is 18.8 Å². The number of rotatable bonds is 8. The summed E-state index contributed by atoms with van der Waals surface area (Å²) in [5.41, 5.74) is 0.804. The average Bonchev–Trinajstić information content (AvgIpc) is 2.55. The third kappa shape index (κ3) is 6.20. The number of nitriles is 1. The first-order valence-electron chi connectivity index (χ1n) is 7.03. The van der Waals surface area contributed by atoms with Gasteiger partial charge in [0.2, 0.25) is 0 Å². The molecule has 23 heavy (non-hydrogen) atoms. The molecule has 0 aliphatic heterocycles. The quantitative estimate of drug-likeness (QED) is 0.326. The number of carbonyl (C=O) groups excluding carboxylic acids is 2. The van der Waals surface area contributed by atoms with E-state index in [1.165, 1.54) is 6.20 Å². The van der Waals surface area contributed by atoms with E-state index in [0.29, 0.717) is 31.0 Å². The normalized spacial score (nSPS) is 10.6. The first-order chi connectivity index (χ1) is 11.1. The highest BCUT2D eigenvalue weighted by Crippen LogP contribution is 2.11. The molecule has 0 saturated heterocycles. The number of anilines is 1. The van der Waals surface area contributed by atoms with Crippen LogP contribution in [0.3, 0.4) is 0 Å². The Bertz CT molecular complexity index is 603. The minimum atomic E-state index is -0.540. The molecule has 0 atom stereocenters. The van der Waals surface area contributed by atoms with Crippen molar-refractivity contribution in [3.63, 3.8) is 0 Å². The maximum absolute atomic E-state index is 12.0. The molecule has 2 N–H and O–H groups in total. The average molecular weight is 317 g/mol. The van der Waals surface area contributed by atoms with E-state index >= 15 is 0 Å². The van der Waals surface area contributed by atoms with Crippen molar-refractivity contribution in [1.29, 1.82) is 5.26 Å². The van der Waals surface area contributed by atoms with Crippen LogP contribution in [0.5, 0.6) is 0 Å². The molecule has 0 fully saturated rings. The third-order valence-electron chi connectivity index (χ3n) is 2.72. The summed E-state index contributed by atoms with van der Waals surface area (Å²) < 4.78 is 9.72. The molecule has 7 nitrogen and oxygen atoms in total. The molecular weight excluding hydrogens is 298 g/mol. The van der Waals surface area contributed by atoms with E-state index in [9.17, 15) is 9.59 Å². The maximum atomic E-state index is 12.0. The van der Waals surface area contributed by atoms with Gasteiger partial charge in [0.15, 0.2) is 0 Å². The standard InChI is InChI=1S/C16H19N3O4/c1-3-23-16(21)12-4-6-14(7-5-12)19-15(20)13(10-17)11-18-8-9-22-2/h4-7,11,18H,3,8-9H2,1-2H3,(H,19,20)/b13-11-. The summed E-state index contributed by atoms with van der Waals surface area (Å²) in [6, 6.07) is 8.03. The van der Waals surface area contributed by atoms with E-state index in [1.807, 2.05) is 6.07 Å². The predicted molar refractivity (Wildman–Crippen MR) is 84.6 cm³/mol. The third-order valence-corrected chi connectivity index (χ3v) is 2.72. The van der Waals surface area contributed by atoms with Gasteiger partial charge in [-0.2, -0.15) is 5.26 Å². The number of esters is 1. The van der Waals surface area contributed by atoms with Crippen LogP contribution in [0.1, 0.15) is 17.3 Å². The summed E-state index contributed by atoms with van der Waals surface area (Å²) in [6.45, 7) is 2.97. The molecule has 1 amide bonds. The van der Waals surface area contributed by atoms with Gasteiger partial charge >= 0.3 is 5.97 Å². The van der Waals surface area contributed by atoms with E-state index in [0.717, 1.165) is 0 Å². The predicted octanol–water partition coefficient (Wildman–Crippen LogP) is 1.45. The van der Waals surface area contributed by atoms with Gasteiger partial charge < -0.3 is 20.1 Å². The second-order valence-electron chi connectivity index (χ2n) is 4.37. The summed E-state index contributed by atoms with van der Waals surface area (Å²) in [5, 5.41) is 14.4. The molecule has 0 radical (unpaired) electrons. The van der Waals surface area contributed by atoms with Gasteiger partial charge in [-0.25, -0.2) is 4.79 Å². The highest BCUT2D eigenvalue weighted by molar-refractivity contribution is 6.06. The Hall–Kier alpha value is -2.85. The minimum Gasteiger partial charge on any atom is -0.462 e. The number of nitrogens with one attached hydrogen (secondary N) is 2. The van der Waals surface area contributed by atoms with Crippen LogP contribution < -0.4 is 10.6 Å². The van der Waals surface area contributed by atoms with Crippen molar-refractivity contribution in [2.75, 3.05) is 32.2 Å². The van der Waals surface area contributed by atoms with Crippen LogP contribution in [0.25, 0.3) is 0 Å². The lowest BCUT2D eigenvalue weighted by Crippen LogP contribution is -2.18. The molecule has 0 aliphatic carbocycles. The molecule has 1 rings (SSSR count). The molecule has 0 spiro atoms. The molecule has 1 aromatic carbocycles. The summed E-state index contributed by atoms with van der Waals surface area (Å²) in [6.07, 6.45) is 1.33. The van der Waals surface area contributed by atoms with Crippen LogP contribution in [0.15, 0.2) is 36.0 Å². The molecule has 0 aromatic heterocycles. The molecule has 7 heteroatoms. The Kier molecular flexibility index (Phi) is 7.89. The van der Waals surface area contributed by atoms with Crippen LogP contribution in [-0.2, 0) is 14.3 Å².